The smallest absolute Gasteiger partial charge is 0.242 e. The van der Waals surface area contributed by atoms with Crippen LogP contribution in [0, 0.1) is 0 Å². The predicted molar refractivity (Wildman–Crippen MR) is 145 cm³/mol. The molecule has 0 aliphatic carbocycles. The number of thiophene rings is 1. The molecule has 1 aromatic carbocycles. The Balaban J connectivity index is 1.20. The van der Waals surface area contributed by atoms with E-state index >= 15 is 0 Å². The van der Waals surface area contributed by atoms with Crippen molar-refractivity contribution in [3.63, 3.8) is 0 Å². The monoisotopic (exact) mass is 564 g/mol. The lowest BCUT2D eigenvalue weighted by atomic mass is 10.1. The molecule has 0 radical (unpaired) electrons. The second-order valence-electron chi connectivity index (χ2n) is 10.1. The molecule has 37 heavy (non-hydrogen) atoms. The van der Waals surface area contributed by atoms with E-state index in [4.69, 9.17) is 11.6 Å². The van der Waals surface area contributed by atoms with Crippen molar-refractivity contribution in [1.82, 2.24) is 19.4 Å². The lowest BCUT2D eigenvalue weighted by Gasteiger charge is -2.34. The third-order valence-electron chi connectivity index (χ3n) is 7.54. The van der Waals surface area contributed by atoms with Gasteiger partial charge in [0.1, 0.15) is 6.04 Å². The molecule has 3 aliphatic heterocycles. The van der Waals surface area contributed by atoms with E-state index in [1.54, 1.807) is 18.2 Å². The van der Waals surface area contributed by atoms with Gasteiger partial charge in [0.25, 0.3) is 0 Å². The quantitative estimate of drug-likeness (QED) is 0.530. The standard InChI is InChI=1S/C26H33ClN4O4S2/c27-24-12-11-23(36-24)19-7-9-21(10-8-19)37(34,35)28-22-6-4-15-30(26(22)33)18-25(32)31-16-3-5-20(31)17-29-13-1-2-14-29/h7-12,20,22,28H,1-6,13-18H2. The van der Waals surface area contributed by atoms with Crippen molar-refractivity contribution >= 4 is 44.8 Å². The molecule has 0 saturated carbocycles. The number of halogens is 1. The van der Waals surface area contributed by atoms with Crippen molar-refractivity contribution in [1.29, 1.82) is 0 Å². The summed E-state index contributed by atoms with van der Waals surface area (Å²) in [5.41, 5.74) is 0.874. The largest absolute Gasteiger partial charge is 0.337 e. The average molecular weight is 565 g/mol. The molecule has 3 saturated heterocycles. The van der Waals surface area contributed by atoms with E-state index in [1.807, 2.05) is 11.0 Å². The summed E-state index contributed by atoms with van der Waals surface area (Å²) in [4.78, 5) is 33.3. The van der Waals surface area contributed by atoms with E-state index < -0.39 is 16.1 Å². The van der Waals surface area contributed by atoms with E-state index in [0.29, 0.717) is 23.7 Å². The fraction of sp³-hybridized carbons (Fsp3) is 0.538. The zero-order valence-corrected chi connectivity index (χ0v) is 23.2. The highest BCUT2D eigenvalue weighted by Crippen LogP contribution is 2.31. The molecule has 1 aromatic heterocycles. The summed E-state index contributed by atoms with van der Waals surface area (Å²) in [5, 5.41) is 0. The van der Waals surface area contributed by atoms with Gasteiger partial charge >= 0.3 is 0 Å². The lowest BCUT2D eigenvalue weighted by Crippen LogP contribution is -2.55. The van der Waals surface area contributed by atoms with Crippen LogP contribution in [0.2, 0.25) is 4.34 Å². The zero-order chi connectivity index (χ0) is 26.0. The van der Waals surface area contributed by atoms with Crippen LogP contribution < -0.4 is 4.72 Å². The Labute approximate surface area is 227 Å². The van der Waals surface area contributed by atoms with Crippen LogP contribution in [0.25, 0.3) is 10.4 Å². The first-order valence-electron chi connectivity index (χ1n) is 13.0. The summed E-state index contributed by atoms with van der Waals surface area (Å²) in [5.74, 6) is -0.369. The number of benzene rings is 1. The number of piperidine rings is 1. The third-order valence-corrected chi connectivity index (χ3v) is 10.3. The number of likely N-dealkylation sites (tertiary alicyclic amines) is 3. The number of carbonyl (C=O) groups excluding carboxylic acids is 2. The number of hydrogen-bond donors (Lipinski definition) is 1. The van der Waals surface area contributed by atoms with Crippen LogP contribution in [0.1, 0.15) is 38.5 Å². The minimum Gasteiger partial charge on any atom is -0.337 e. The van der Waals surface area contributed by atoms with Gasteiger partial charge in [-0.05, 0) is 81.4 Å². The third kappa shape index (κ3) is 6.20. The molecule has 5 rings (SSSR count). The van der Waals surface area contributed by atoms with Gasteiger partial charge in [-0.2, -0.15) is 4.72 Å². The van der Waals surface area contributed by atoms with Gasteiger partial charge in [0.15, 0.2) is 0 Å². The Hall–Kier alpha value is -1.98. The summed E-state index contributed by atoms with van der Waals surface area (Å²) in [7, 11) is -3.90. The first-order valence-corrected chi connectivity index (χ1v) is 15.7. The van der Waals surface area contributed by atoms with Crippen LogP contribution in [0.4, 0.5) is 0 Å². The van der Waals surface area contributed by atoms with Crippen LogP contribution in [-0.2, 0) is 19.6 Å². The highest BCUT2D eigenvalue weighted by molar-refractivity contribution is 7.89. The Morgan fingerprint density at radius 1 is 0.973 bits per heavy atom. The first-order chi connectivity index (χ1) is 17.8. The van der Waals surface area contributed by atoms with Gasteiger partial charge in [-0.1, -0.05) is 23.7 Å². The molecular weight excluding hydrogens is 532 g/mol. The maximum Gasteiger partial charge on any atom is 0.242 e. The topological polar surface area (TPSA) is 90.0 Å². The molecule has 2 unspecified atom stereocenters. The minimum atomic E-state index is -3.90. The van der Waals surface area contributed by atoms with E-state index in [-0.39, 0.29) is 29.3 Å². The summed E-state index contributed by atoms with van der Waals surface area (Å²) in [6, 6.07) is 9.56. The number of rotatable bonds is 8. The van der Waals surface area contributed by atoms with Crippen LogP contribution >= 0.6 is 22.9 Å². The number of nitrogens with one attached hydrogen (secondary N) is 1. The summed E-state index contributed by atoms with van der Waals surface area (Å²) < 4.78 is 29.4. The molecular formula is C26H33ClN4O4S2. The number of carbonyl (C=O) groups is 2. The van der Waals surface area contributed by atoms with Crippen molar-refractivity contribution in [2.75, 3.05) is 39.3 Å². The Kier molecular flexibility index (Phi) is 8.21. The average Bonchev–Trinajstić information content (AvgIpc) is 3.65. The van der Waals surface area contributed by atoms with Crippen molar-refractivity contribution < 1.29 is 18.0 Å². The first kappa shape index (κ1) is 26.6. The lowest BCUT2D eigenvalue weighted by molar-refractivity contribution is -0.143. The normalized spacial score (nSPS) is 23.2. The molecule has 4 heterocycles. The number of amides is 2. The summed E-state index contributed by atoms with van der Waals surface area (Å²) in [6.45, 7) is 4.28. The fourth-order valence-corrected chi connectivity index (χ4v) is 7.87. The van der Waals surface area contributed by atoms with Crippen LogP contribution in [0.5, 0.6) is 0 Å². The van der Waals surface area contributed by atoms with Crippen LogP contribution in [-0.4, -0.2) is 86.3 Å². The molecule has 0 spiro atoms. The molecule has 2 aromatic rings. The van der Waals surface area contributed by atoms with E-state index in [1.165, 1.54) is 41.2 Å². The Bertz CT molecular complexity index is 1230. The van der Waals surface area contributed by atoms with Crippen molar-refractivity contribution in [3.05, 3.63) is 40.7 Å². The number of sulfonamides is 1. The van der Waals surface area contributed by atoms with Crippen molar-refractivity contribution in [3.8, 4) is 10.4 Å². The second-order valence-corrected chi connectivity index (χ2v) is 13.5. The van der Waals surface area contributed by atoms with Gasteiger partial charge in [0.2, 0.25) is 21.8 Å². The Morgan fingerprint density at radius 2 is 1.70 bits per heavy atom. The molecule has 11 heteroatoms. The fourth-order valence-electron chi connectivity index (χ4n) is 5.60. The van der Waals surface area contributed by atoms with Gasteiger partial charge in [-0.3, -0.25) is 9.59 Å². The van der Waals surface area contributed by atoms with E-state index in [9.17, 15) is 18.0 Å². The predicted octanol–water partition coefficient (Wildman–Crippen LogP) is 3.42. The Morgan fingerprint density at radius 3 is 2.41 bits per heavy atom. The molecule has 8 nitrogen and oxygen atoms in total. The minimum absolute atomic E-state index is 0.00559. The van der Waals surface area contributed by atoms with E-state index in [0.717, 1.165) is 49.5 Å². The molecule has 3 fully saturated rings. The van der Waals surface area contributed by atoms with Crippen molar-refractivity contribution in [2.45, 2.75) is 55.5 Å². The summed E-state index contributed by atoms with van der Waals surface area (Å²) >= 11 is 7.43. The van der Waals surface area contributed by atoms with Gasteiger partial charge in [0, 0.05) is 30.6 Å². The zero-order valence-electron chi connectivity index (χ0n) is 20.8. The maximum atomic E-state index is 13.2. The van der Waals surface area contributed by atoms with E-state index in [2.05, 4.69) is 9.62 Å². The summed E-state index contributed by atoms with van der Waals surface area (Å²) in [6.07, 6.45) is 5.47. The number of nitrogens with zero attached hydrogens (tertiary/aromatic N) is 3. The highest BCUT2D eigenvalue weighted by atomic mass is 35.5. The van der Waals surface area contributed by atoms with Gasteiger partial charge < -0.3 is 14.7 Å². The molecule has 0 bridgehead atoms. The molecule has 1 N–H and O–H groups in total. The number of hydrogen-bond acceptors (Lipinski definition) is 6. The van der Waals surface area contributed by atoms with Crippen LogP contribution in [0.15, 0.2) is 41.3 Å². The molecule has 200 valence electrons. The SMILES string of the molecule is O=C1C(NS(=O)(=O)c2ccc(-c3ccc(Cl)s3)cc2)CCCN1CC(=O)N1CCCC1CN1CCCC1. The molecule has 2 atom stereocenters. The molecule has 3 aliphatic rings. The van der Waals surface area contributed by atoms with Crippen molar-refractivity contribution in [2.24, 2.45) is 0 Å². The van der Waals surface area contributed by atoms with Crippen LogP contribution in [0.3, 0.4) is 0 Å². The second kappa shape index (κ2) is 11.4. The van der Waals surface area contributed by atoms with Gasteiger partial charge in [0.05, 0.1) is 15.8 Å². The maximum absolute atomic E-state index is 13.2. The van der Waals surface area contributed by atoms with Gasteiger partial charge in [-0.25, -0.2) is 8.42 Å². The van der Waals surface area contributed by atoms with Gasteiger partial charge in [-0.15, -0.1) is 11.3 Å². The molecule has 2 amide bonds. The highest BCUT2D eigenvalue weighted by Gasteiger charge is 2.36.